The highest BCUT2D eigenvalue weighted by Gasteiger charge is 2.54. The molecule has 2 aromatic rings. The fourth-order valence-electron chi connectivity index (χ4n) is 7.07. The molecule has 32 heavy (non-hydrogen) atoms. The third-order valence-electron chi connectivity index (χ3n) is 8.15. The van der Waals surface area contributed by atoms with Crippen molar-refractivity contribution in [2.75, 3.05) is 11.9 Å². The van der Waals surface area contributed by atoms with Gasteiger partial charge in [0, 0.05) is 12.1 Å². The molecule has 2 heterocycles. The molecule has 7 rings (SSSR count). The van der Waals surface area contributed by atoms with Gasteiger partial charge < -0.3 is 10.2 Å². The maximum absolute atomic E-state index is 14.1. The molecule has 4 saturated carbocycles. The average molecular weight is 435 g/mol. The van der Waals surface area contributed by atoms with Gasteiger partial charge in [-0.1, -0.05) is 12.1 Å². The van der Waals surface area contributed by atoms with E-state index in [1.165, 1.54) is 37.7 Å². The highest BCUT2D eigenvalue weighted by atomic mass is 19.1. The number of carbonyl (C=O) groups is 2. The summed E-state index contributed by atoms with van der Waals surface area (Å²) in [4.78, 5) is 36.7. The Bertz CT molecular complexity index is 1070. The number of benzene rings is 1. The number of halogens is 1. The largest absolute Gasteiger partial charge is 0.332 e. The third kappa shape index (κ3) is 3.21. The van der Waals surface area contributed by atoms with Crippen molar-refractivity contribution >= 4 is 17.6 Å². The van der Waals surface area contributed by atoms with Gasteiger partial charge in [0.2, 0.25) is 5.91 Å². The lowest BCUT2D eigenvalue weighted by Gasteiger charge is -2.55. The number of nitrogens with one attached hydrogen (secondary N) is 1. The minimum absolute atomic E-state index is 0.0698. The van der Waals surface area contributed by atoms with E-state index >= 15 is 0 Å². The second-order valence-corrected chi connectivity index (χ2v) is 10.3. The Morgan fingerprint density at radius 1 is 1.03 bits per heavy atom. The van der Waals surface area contributed by atoms with E-state index in [2.05, 4.69) is 15.3 Å². The summed E-state index contributed by atoms with van der Waals surface area (Å²) in [5.74, 6) is 1.93. The van der Waals surface area contributed by atoms with E-state index in [-0.39, 0.29) is 29.3 Å². The Labute approximate surface area is 186 Å². The van der Waals surface area contributed by atoms with Crippen molar-refractivity contribution in [2.24, 2.45) is 23.2 Å². The average Bonchev–Trinajstić information content (AvgIpc) is 2.78. The van der Waals surface area contributed by atoms with Gasteiger partial charge in [-0.05, 0) is 74.8 Å². The van der Waals surface area contributed by atoms with Crippen LogP contribution < -0.4 is 5.32 Å². The molecule has 1 aromatic heterocycles. The van der Waals surface area contributed by atoms with Crippen LogP contribution in [0, 0.1) is 29.0 Å². The van der Waals surface area contributed by atoms with Gasteiger partial charge >= 0.3 is 0 Å². The minimum atomic E-state index is -0.519. The number of hydrogen-bond acceptors (Lipinski definition) is 4. The van der Waals surface area contributed by atoms with Crippen LogP contribution in [0.25, 0.3) is 0 Å². The molecule has 1 N–H and O–H groups in total. The first-order valence-corrected chi connectivity index (χ1v) is 11.7. The maximum atomic E-state index is 14.1. The Hall–Kier alpha value is -2.83. The SMILES string of the molecule is O=C(c1ccccc1F)N1CCc2c(ncnc2NC(=O)C23CC4CC(CC(C4)C2)C3)C1. The van der Waals surface area contributed by atoms with Crippen molar-refractivity contribution in [3.63, 3.8) is 0 Å². The zero-order valence-electron chi connectivity index (χ0n) is 18.0. The number of anilines is 1. The summed E-state index contributed by atoms with van der Waals surface area (Å²) in [6, 6.07) is 6.04. The van der Waals surface area contributed by atoms with E-state index in [0.717, 1.165) is 30.5 Å². The quantitative estimate of drug-likeness (QED) is 0.793. The molecule has 0 atom stereocenters. The van der Waals surface area contributed by atoms with Crippen LogP contribution in [0.5, 0.6) is 0 Å². The summed E-state index contributed by atoms with van der Waals surface area (Å²) in [7, 11) is 0. The molecule has 0 spiro atoms. The molecular weight excluding hydrogens is 407 g/mol. The van der Waals surface area contributed by atoms with Crippen molar-refractivity contribution < 1.29 is 14.0 Å². The van der Waals surface area contributed by atoms with E-state index < -0.39 is 5.82 Å². The molecule has 0 saturated heterocycles. The molecule has 5 aliphatic rings. The van der Waals surface area contributed by atoms with Crippen LogP contribution in [0.3, 0.4) is 0 Å². The van der Waals surface area contributed by atoms with Crippen LogP contribution in [-0.2, 0) is 17.8 Å². The predicted molar refractivity (Wildman–Crippen MR) is 116 cm³/mol. The summed E-state index contributed by atoms with van der Waals surface area (Å²) >= 11 is 0. The fraction of sp³-hybridized carbons (Fsp3) is 0.520. The normalized spacial score (nSPS) is 30.2. The van der Waals surface area contributed by atoms with Crippen LogP contribution in [0.2, 0.25) is 0 Å². The van der Waals surface area contributed by atoms with Gasteiger partial charge in [-0.15, -0.1) is 0 Å². The molecule has 0 unspecified atom stereocenters. The molecule has 4 fully saturated rings. The van der Waals surface area contributed by atoms with Crippen LogP contribution >= 0.6 is 0 Å². The van der Waals surface area contributed by atoms with Crippen LogP contribution in [0.1, 0.15) is 60.1 Å². The molecule has 0 radical (unpaired) electrons. The summed E-state index contributed by atoms with van der Waals surface area (Å²) in [6.45, 7) is 0.721. The Morgan fingerprint density at radius 3 is 2.41 bits per heavy atom. The lowest BCUT2D eigenvalue weighted by Crippen LogP contribution is -2.52. The number of hydrogen-bond donors (Lipinski definition) is 1. The van der Waals surface area contributed by atoms with Gasteiger partial charge in [-0.3, -0.25) is 9.59 Å². The van der Waals surface area contributed by atoms with Gasteiger partial charge in [0.15, 0.2) is 0 Å². The van der Waals surface area contributed by atoms with Crippen molar-refractivity contribution in [2.45, 2.75) is 51.5 Å². The van der Waals surface area contributed by atoms with E-state index in [1.54, 1.807) is 17.0 Å². The second kappa shape index (κ2) is 7.36. The topological polar surface area (TPSA) is 75.2 Å². The van der Waals surface area contributed by atoms with Crippen molar-refractivity contribution in [1.82, 2.24) is 14.9 Å². The molecule has 1 aliphatic heterocycles. The highest BCUT2D eigenvalue weighted by Crippen LogP contribution is 2.60. The van der Waals surface area contributed by atoms with Crippen LogP contribution in [0.15, 0.2) is 30.6 Å². The number of fused-ring (bicyclic) bond motifs is 1. The van der Waals surface area contributed by atoms with Crippen molar-refractivity contribution in [1.29, 1.82) is 0 Å². The Kier molecular flexibility index (Phi) is 4.56. The monoisotopic (exact) mass is 434 g/mol. The maximum Gasteiger partial charge on any atom is 0.257 e. The van der Waals surface area contributed by atoms with Gasteiger partial charge in [-0.2, -0.15) is 0 Å². The number of aromatic nitrogens is 2. The van der Waals surface area contributed by atoms with Crippen LogP contribution in [-0.4, -0.2) is 33.2 Å². The van der Waals surface area contributed by atoms with Gasteiger partial charge in [-0.25, -0.2) is 14.4 Å². The number of rotatable bonds is 3. The van der Waals surface area contributed by atoms with Gasteiger partial charge in [0.1, 0.15) is 18.0 Å². The first-order chi connectivity index (χ1) is 15.5. The second-order valence-electron chi connectivity index (χ2n) is 10.3. The van der Waals surface area contributed by atoms with Crippen molar-refractivity contribution in [3.05, 3.63) is 53.2 Å². The Morgan fingerprint density at radius 2 is 1.72 bits per heavy atom. The minimum Gasteiger partial charge on any atom is -0.332 e. The van der Waals surface area contributed by atoms with Gasteiger partial charge in [0.25, 0.3) is 5.91 Å². The first kappa shape index (κ1) is 19.8. The number of nitrogens with zero attached hydrogens (tertiary/aromatic N) is 3. The molecule has 2 amide bonds. The first-order valence-electron chi connectivity index (χ1n) is 11.7. The lowest BCUT2D eigenvalue weighted by molar-refractivity contribution is -0.140. The summed E-state index contributed by atoms with van der Waals surface area (Å²) in [5, 5.41) is 3.16. The standard InChI is InChI=1S/C25H27FN4O2/c26-20-4-2-1-3-18(20)23(31)30-6-5-19-21(13-30)27-14-28-22(19)29-24(32)25-10-15-7-16(11-25)9-17(8-15)12-25/h1-4,14-17H,5-13H2,(H,27,28,29,32). The lowest BCUT2D eigenvalue weighted by atomic mass is 9.49. The molecule has 1 aromatic carbocycles. The van der Waals surface area contributed by atoms with Crippen molar-refractivity contribution in [3.8, 4) is 0 Å². The van der Waals surface area contributed by atoms with Crippen LogP contribution in [0.4, 0.5) is 10.2 Å². The number of carbonyl (C=O) groups excluding carboxylic acids is 2. The van der Waals surface area contributed by atoms with E-state index in [9.17, 15) is 14.0 Å². The smallest absolute Gasteiger partial charge is 0.257 e. The molecular formula is C25H27FN4O2. The number of amides is 2. The fourth-order valence-corrected chi connectivity index (χ4v) is 7.07. The third-order valence-corrected chi connectivity index (χ3v) is 8.15. The van der Waals surface area contributed by atoms with E-state index in [0.29, 0.717) is 36.5 Å². The van der Waals surface area contributed by atoms with E-state index in [1.807, 2.05) is 0 Å². The Balaban J connectivity index is 1.21. The zero-order chi connectivity index (χ0) is 21.9. The molecule has 4 bridgehead atoms. The van der Waals surface area contributed by atoms with Gasteiger partial charge in [0.05, 0.1) is 23.2 Å². The van der Waals surface area contributed by atoms with E-state index in [4.69, 9.17) is 0 Å². The summed E-state index contributed by atoms with van der Waals surface area (Å²) in [5.41, 5.74) is 1.44. The molecule has 7 heteroatoms. The molecule has 6 nitrogen and oxygen atoms in total. The molecule has 166 valence electrons. The highest BCUT2D eigenvalue weighted by molar-refractivity contribution is 5.96. The zero-order valence-corrected chi connectivity index (χ0v) is 18.0. The predicted octanol–water partition coefficient (Wildman–Crippen LogP) is 3.97. The summed E-state index contributed by atoms with van der Waals surface area (Å²) in [6.07, 6.45) is 8.87. The molecule has 4 aliphatic carbocycles. The summed E-state index contributed by atoms with van der Waals surface area (Å²) < 4.78 is 14.1.